The van der Waals surface area contributed by atoms with Gasteiger partial charge in [0.1, 0.15) is 5.69 Å². The number of amides is 1. The number of nitrogen functional groups attached to an aromatic ring is 1. The number of nitrogens with one attached hydrogen (secondary N) is 1. The summed E-state index contributed by atoms with van der Waals surface area (Å²) in [6, 6.07) is 11.5. The molecular formula is C15H19N3O2. The van der Waals surface area contributed by atoms with Gasteiger partial charge in [0.2, 0.25) is 0 Å². The fraction of sp³-hybridized carbons (Fsp3) is 0.267. The number of aromatic nitrogens is 1. The number of benzene rings is 1. The first-order valence-electron chi connectivity index (χ1n) is 6.46. The van der Waals surface area contributed by atoms with E-state index in [1.54, 1.807) is 24.3 Å². The first-order valence-corrected chi connectivity index (χ1v) is 6.46. The number of nitrogens with zero attached hydrogens (tertiary/aromatic N) is 1. The van der Waals surface area contributed by atoms with E-state index in [0.717, 1.165) is 5.56 Å². The lowest BCUT2D eigenvalue weighted by Crippen LogP contribution is -2.33. The highest BCUT2D eigenvalue weighted by Crippen LogP contribution is 2.11. The van der Waals surface area contributed by atoms with Gasteiger partial charge in [-0.05, 0) is 11.6 Å². The van der Waals surface area contributed by atoms with E-state index >= 15 is 0 Å². The fourth-order valence-electron chi connectivity index (χ4n) is 1.96. The van der Waals surface area contributed by atoms with E-state index in [-0.39, 0.29) is 5.91 Å². The second kappa shape index (κ2) is 6.77. The van der Waals surface area contributed by atoms with E-state index in [1.165, 1.54) is 0 Å². The Bertz CT molecular complexity index is 551. The van der Waals surface area contributed by atoms with E-state index < -0.39 is 0 Å². The summed E-state index contributed by atoms with van der Waals surface area (Å²) in [4.78, 5) is 17.1. The first-order chi connectivity index (χ1) is 9.70. The van der Waals surface area contributed by atoms with Gasteiger partial charge in [-0.25, -0.2) is 0 Å². The molecular weight excluding hydrogens is 254 g/mol. The number of anilines is 1. The summed E-state index contributed by atoms with van der Waals surface area (Å²) in [7, 11) is 1.62. The summed E-state index contributed by atoms with van der Waals surface area (Å²) < 4.78 is 5.07. The van der Waals surface area contributed by atoms with Crippen LogP contribution in [-0.2, 0) is 11.3 Å². The van der Waals surface area contributed by atoms with Crippen LogP contribution in [0.25, 0.3) is 0 Å². The molecule has 0 saturated heterocycles. The monoisotopic (exact) mass is 273 g/mol. The Labute approximate surface area is 118 Å². The van der Waals surface area contributed by atoms with Crippen molar-refractivity contribution in [1.82, 2.24) is 9.88 Å². The van der Waals surface area contributed by atoms with Gasteiger partial charge >= 0.3 is 0 Å². The Morgan fingerprint density at radius 2 is 2.10 bits per heavy atom. The van der Waals surface area contributed by atoms with Gasteiger partial charge in [-0.1, -0.05) is 30.3 Å². The molecule has 5 nitrogen and oxygen atoms in total. The Morgan fingerprint density at radius 3 is 2.70 bits per heavy atom. The van der Waals surface area contributed by atoms with E-state index in [9.17, 15) is 4.79 Å². The Kier molecular flexibility index (Phi) is 4.79. The highest BCUT2D eigenvalue weighted by molar-refractivity contribution is 5.93. The van der Waals surface area contributed by atoms with Crippen LogP contribution in [-0.4, -0.2) is 36.1 Å². The van der Waals surface area contributed by atoms with Crippen LogP contribution in [0.4, 0.5) is 5.69 Å². The molecule has 0 fully saturated rings. The molecule has 0 aliphatic carbocycles. The van der Waals surface area contributed by atoms with Crippen molar-refractivity contribution in [3.05, 3.63) is 53.9 Å². The van der Waals surface area contributed by atoms with Gasteiger partial charge < -0.3 is 20.4 Å². The molecule has 5 heteroatoms. The Hall–Kier alpha value is -2.27. The van der Waals surface area contributed by atoms with Gasteiger partial charge in [-0.3, -0.25) is 4.79 Å². The van der Waals surface area contributed by atoms with Crippen LogP contribution >= 0.6 is 0 Å². The zero-order valence-electron chi connectivity index (χ0n) is 11.5. The minimum absolute atomic E-state index is 0.0809. The number of nitrogens with two attached hydrogens (primary N) is 1. The quantitative estimate of drug-likeness (QED) is 0.844. The molecule has 20 heavy (non-hydrogen) atoms. The number of ether oxygens (including phenoxy) is 1. The van der Waals surface area contributed by atoms with Crippen LogP contribution in [0.15, 0.2) is 42.6 Å². The number of aromatic amines is 1. The fourth-order valence-corrected chi connectivity index (χ4v) is 1.96. The van der Waals surface area contributed by atoms with Crippen molar-refractivity contribution >= 4 is 11.6 Å². The Balaban J connectivity index is 2.12. The predicted octanol–water partition coefficient (Wildman–Crippen LogP) is 1.89. The highest BCUT2D eigenvalue weighted by Gasteiger charge is 2.17. The molecule has 1 heterocycles. The lowest BCUT2D eigenvalue weighted by Gasteiger charge is -2.22. The van der Waals surface area contributed by atoms with E-state index in [1.807, 2.05) is 30.3 Å². The average Bonchev–Trinajstić information content (AvgIpc) is 2.90. The van der Waals surface area contributed by atoms with Crippen molar-refractivity contribution in [3.63, 3.8) is 0 Å². The summed E-state index contributed by atoms with van der Waals surface area (Å²) in [5.74, 6) is -0.0809. The number of carbonyl (C=O) groups excluding carboxylic acids is 1. The van der Waals surface area contributed by atoms with Crippen LogP contribution in [0, 0.1) is 0 Å². The molecule has 0 aliphatic rings. The lowest BCUT2D eigenvalue weighted by atomic mass is 10.2. The van der Waals surface area contributed by atoms with Crippen molar-refractivity contribution in [2.24, 2.45) is 0 Å². The summed E-state index contributed by atoms with van der Waals surface area (Å²) in [5, 5.41) is 0. The predicted molar refractivity (Wildman–Crippen MR) is 78.3 cm³/mol. The van der Waals surface area contributed by atoms with Crippen molar-refractivity contribution in [2.75, 3.05) is 26.0 Å². The normalized spacial score (nSPS) is 10.4. The van der Waals surface area contributed by atoms with Gasteiger partial charge in [-0.2, -0.15) is 0 Å². The third-order valence-corrected chi connectivity index (χ3v) is 3.00. The van der Waals surface area contributed by atoms with E-state index in [2.05, 4.69) is 4.98 Å². The van der Waals surface area contributed by atoms with Gasteiger partial charge in [0.15, 0.2) is 0 Å². The minimum Gasteiger partial charge on any atom is -0.397 e. The van der Waals surface area contributed by atoms with Crippen LogP contribution < -0.4 is 5.73 Å². The van der Waals surface area contributed by atoms with Crippen LogP contribution in [0.1, 0.15) is 16.1 Å². The number of carbonyl (C=O) groups is 1. The smallest absolute Gasteiger partial charge is 0.270 e. The molecule has 3 N–H and O–H groups in total. The summed E-state index contributed by atoms with van der Waals surface area (Å²) >= 11 is 0. The van der Waals surface area contributed by atoms with Crippen LogP contribution in [0.2, 0.25) is 0 Å². The molecule has 0 atom stereocenters. The number of methoxy groups -OCH3 is 1. The van der Waals surface area contributed by atoms with Gasteiger partial charge in [0, 0.05) is 32.1 Å². The molecule has 1 amide bonds. The third kappa shape index (κ3) is 3.61. The maximum Gasteiger partial charge on any atom is 0.270 e. The maximum atomic E-state index is 12.5. The second-order valence-electron chi connectivity index (χ2n) is 4.55. The maximum absolute atomic E-state index is 12.5. The van der Waals surface area contributed by atoms with E-state index in [4.69, 9.17) is 10.5 Å². The van der Waals surface area contributed by atoms with Gasteiger partial charge in [-0.15, -0.1) is 0 Å². The minimum atomic E-state index is -0.0809. The van der Waals surface area contributed by atoms with E-state index in [0.29, 0.717) is 31.1 Å². The number of rotatable bonds is 6. The topological polar surface area (TPSA) is 71.3 Å². The lowest BCUT2D eigenvalue weighted by molar-refractivity contribution is 0.0675. The van der Waals surface area contributed by atoms with Gasteiger partial charge in [0.05, 0.1) is 6.61 Å². The summed E-state index contributed by atoms with van der Waals surface area (Å²) in [6.07, 6.45) is 1.62. The standard InChI is InChI=1S/C15H19N3O2/c1-20-8-7-18(11-12-5-3-2-4-6-12)15(19)14-9-13(16)10-17-14/h2-6,9-10,17H,7-8,11,16H2,1H3. The second-order valence-corrected chi connectivity index (χ2v) is 4.55. The molecule has 2 rings (SSSR count). The zero-order valence-corrected chi connectivity index (χ0v) is 11.5. The highest BCUT2D eigenvalue weighted by atomic mass is 16.5. The zero-order chi connectivity index (χ0) is 14.4. The van der Waals surface area contributed by atoms with Crippen molar-refractivity contribution < 1.29 is 9.53 Å². The SMILES string of the molecule is COCCN(Cc1ccccc1)C(=O)c1cc(N)c[nH]1. The molecule has 1 aromatic heterocycles. The largest absolute Gasteiger partial charge is 0.397 e. The number of hydrogen-bond acceptors (Lipinski definition) is 3. The molecule has 0 bridgehead atoms. The molecule has 2 aromatic rings. The molecule has 0 spiro atoms. The van der Waals surface area contributed by atoms with Crippen molar-refractivity contribution in [3.8, 4) is 0 Å². The molecule has 1 aromatic carbocycles. The first kappa shape index (κ1) is 14.1. The summed E-state index contributed by atoms with van der Waals surface area (Å²) in [5.41, 5.74) is 7.77. The molecule has 0 unspecified atom stereocenters. The van der Waals surface area contributed by atoms with Crippen LogP contribution in [0.5, 0.6) is 0 Å². The number of hydrogen-bond donors (Lipinski definition) is 2. The molecule has 0 radical (unpaired) electrons. The molecule has 106 valence electrons. The third-order valence-electron chi connectivity index (χ3n) is 3.00. The van der Waals surface area contributed by atoms with Crippen molar-refractivity contribution in [2.45, 2.75) is 6.54 Å². The van der Waals surface area contributed by atoms with Gasteiger partial charge in [0.25, 0.3) is 5.91 Å². The molecule has 0 aliphatic heterocycles. The number of H-pyrrole nitrogens is 1. The summed E-state index contributed by atoms with van der Waals surface area (Å²) in [6.45, 7) is 1.57. The van der Waals surface area contributed by atoms with Crippen molar-refractivity contribution in [1.29, 1.82) is 0 Å². The molecule has 0 saturated carbocycles. The van der Waals surface area contributed by atoms with Crippen LogP contribution in [0.3, 0.4) is 0 Å². The Morgan fingerprint density at radius 1 is 1.35 bits per heavy atom. The average molecular weight is 273 g/mol.